The first kappa shape index (κ1) is 14.0. The zero-order chi connectivity index (χ0) is 13.9. The highest BCUT2D eigenvalue weighted by atomic mass is 16.6. The van der Waals surface area contributed by atoms with Crippen molar-refractivity contribution in [1.82, 2.24) is 0 Å². The number of likely N-dealkylation sites (N-methyl/N-ethyl adjacent to an activating group) is 1. The van der Waals surface area contributed by atoms with Gasteiger partial charge in [-0.05, 0) is 32.9 Å². The average molecular weight is 252 g/mol. The lowest BCUT2D eigenvalue weighted by atomic mass is 10.0. The molecule has 0 heterocycles. The fraction of sp³-hybridized carbons (Fsp3) is 0.417. The highest BCUT2D eigenvalue weighted by molar-refractivity contribution is 5.82. The van der Waals surface area contributed by atoms with Gasteiger partial charge in [0.2, 0.25) is 0 Å². The minimum atomic E-state index is -1.06. The van der Waals surface area contributed by atoms with E-state index < -0.39 is 16.4 Å². The first-order chi connectivity index (χ1) is 8.30. The molecule has 0 saturated heterocycles. The molecular weight excluding hydrogens is 236 g/mol. The number of nitrogens with zero attached hydrogens (tertiary/aromatic N) is 2. The average Bonchev–Trinajstić information content (AvgIpc) is 2.30. The Balaban J connectivity index is 3.10. The third kappa shape index (κ3) is 2.58. The monoisotopic (exact) mass is 252 g/mol. The number of carbonyl (C=O) groups is 1. The molecule has 0 aliphatic rings. The van der Waals surface area contributed by atoms with E-state index in [1.807, 2.05) is 6.92 Å². The lowest BCUT2D eigenvalue weighted by Gasteiger charge is -2.36. The number of benzene rings is 1. The molecule has 0 radical (unpaired) electrons. The summed E-state index contributed by atoms with van der Waals surface area (Å²) in [6.07, 6.45) is 0. The van der Waals surface area contributed by atoms with Crippen molar-refractivity contribution in [2.24, 2.45) is 0 Å². The summed E-state index contributed by atoms with van der Waals surface area (Å²) in [6, 6.07) is 5.87. The Morgan fingerprint density at radius 1 is 1.39 bits per heavy atom. The van der Waals surface area contributed by atoms with Crippen LogP contribution in [0.2, 0.25) is 0 Å². The highest BCUT2D eigenvalue weighted by Gasteiger charge is 2.33. The number of carboxylic acid groups (broad SMARTS) is 1. The molecule has 1 rings (SSSR count). The maximum absolute atomic E-state index is 11.2. The third-order valence-electron chi connectivity index (χ3n) is 2.89. The van der Waals surface area contributed by atoms with Crippen LogP contribution in [0.15, 0.2) is 24.3 Å². The zero-order valence-corrected chi connectivity index (χ0v) is 10.6. The van der Waals surface area contributed by atoms with Crippen molar-refractivity contribution >= 4 is 17.3 Å². The SMILES string of the molecule is CCN(c1ccc([N+](=O)[O-])cc1)C(C)(C)C(=O)O. The van der Waals surface area contributed by atoms with Crippen LogP contribution in [0.3, 0.4) is 0 Å². The lowest BCUT2D eigenvalue weighted by molar-refractivity contribution is -0.384. The Hall–Kier alpha value is -2.11. The second-order valence-electron chi connectivity index (χ2n) is 4.38. The molecule has 18 heavy (non-hydrogen) atoms. The quantitative estimate of drug-likeness (QED) is 0.642. The van der Waals surface area contributed by atoms with E-state index in [-0.39, 0.29) is 5.69 Å². The van der Waals surface area contributed by atoms with Crippen molar-refractivity contribution in [1.29, 1.82) is 0 Å². The molecule has 0 fully saturated rings. The normalized spacial score (nSPS) is 11.1. The summed E-state index contributed by atoms with van der Waals surface area (Å²) >= 11 is 0. The van der Waals surface area contributed by atoms with Crippen molar-refractivity contribution < 1.29 is 14.8 Å². The van der Waals surface area contributed by atoms with Gasteiger partial charge < -0.3 is 10.0 Å². The number of rotatable bonds is 5. The van der Waals surface area contributed by atoms with E-state index in [4.69, 9.17) is 0 Å². The van der Waals surface area contributed by atoms with E-state index in [0.717, 1.165) is 0 Å². The molecule has 1 aromatic carbocycles. The lowest BCUT2D eigenvalue weighted by Crippen LogP contribution is -2.50. The molecular formula is C12H16N2O4. The molecule has 0 amide bonds. The number of hydrogen-bond acceptors (Lipinski definition) is 4. The molecule has 0 spiro atoms. The molecule has 0 atom stereocenters. The molecule has 0 unspecified atom stereocenters. The number of nitro benzene ring substituents is 1. The molecule has 98 valence electrons. The van der Waals surface area contributed by atoms with E-state index in [2.05, 4.69) is 0 Å². The van der Waals surface area contributed by atoms with Gasteiger partial charge in [-0.15, -0.1) is 0 Å². The third-order valence-corrected chi connectivity index (χ3v) is 2.89. The van der Waals surface area contributed by atoms with Gasteiger partial charge in [-0.3, -0.25) is 10.1 Å². The van der Waals surface area contributed by atoms with Crippen LogP contribution >= 0.6 is 0 Å². The van der Waals surface area contributed by atoms with Crippen molar-refractivity contribution in [3.8, 4) is 0 Å². The van der Waals surface area contributed by atoms with Crippen LogP contribution in [-0.2, 0) is 4.79 Å². The fourth-order valence-corrected chi connectivity index (χ4v) is 1.77. The molecule has 6 heteroatoms. The standard InChI is InChI=1S/C12H16N2O4/c1-4-13(12(2,3)11(15)16)9-5-7-10(8-6-9)14(17)18/h5-8H,4H2,1-3H3,(H,15,16). The molecule has 0 aromatic heterocycles. The Morgan fingerprint density at radius 3 is 2.22 bits per heavy atom. The minimum absolute atomic E-state index is 0.0112. The van der Waals surface area contributed by atoms with Crippen LogP contribution in [0.4, 0.5) is 11.4 Å². The van der Waals surface area contributed by atoms with E-state index >= 15 is 0 Å². The fourth-order valence-electron chi connectivity index (χ4n) is 1.77. The number of carboxylic acids is 1. The summed E-state index contributed by atoms with van der Waals surface area (Å²) in [5.41, 5.74) is -0.427. The maximum Gasteiger partial charge on any atom is 0.328 e. The van der Waals surface area contributed by atoms with Crippen LogP contribution < -0.4 is 4.90 Å². The summed E-state index contributed by atoms with van der Waals surface area (Å²) in [7, 11) is 0. The molecule has 1 N–H and O–H groups in total. The van der Waals surface area contributed by atoms with Gasteiger partial charge in [0.25, 0.3) is 5.69 Å². The van der Waals surface area contributed by atoms with Crippen LogP contribution in [0.1, 0.15) is 20.8 Å². The Labute approximate surface area is 105 Å². The number of aliphatic carboxylic acids is 1. The van der Waals surface area contributed by atoms with Crippen LogP contribution in [0.5, 0.6) is 0 Å². The van der Waals surface area contributed by atoms with Crippen LogP contribution in [0, 0.1) is 10.1 Å². The Kier molecular flexibility index (Phi) is 3.90. The maximum atomic E-state index is 11.2. The summed E-state index contributed by atoms with van der Waals surface area (Å²) in [4.78, 5) is 23.0. The van der Waals surface area contributed by atoms with Gasteiger partial charge in [0, 0.05) is 24.4 Å². The molecule has 0 aliphatic heterocycles. The Morgan fingerprint density at radius 2 is 1.89 bits per heavy atom. The molecule has 0 saturated carbocycles. The van der Waals surface area contributed by atoms with Gasteiger partial charge in [-0.1, -0.05) is 0 Å². The number of anilines is 1. The summed E-state index contributed by atoms with van der Waals surface area (Å²) in [5, 5.41) is 19.8. The van der Waals surface area contributed by atoms with Gasteiger partial charge >= 0.3 is 5.97 Å². The molecule has 6 nitrogen and oxygen atoms in total. The Bertz CT molecular complexity index is 454. The number of nitro groups is 1. The summed E-state index contributed by atoms with van der Waals surface area (Å²) in [5.74, 6) is -0.942. The second-order valence-corrected chi connectivity index (χ2v) is 4.38. The van der Waals surface area contributed by atoms with E-state index in [1.54, 1.807) is 30.9 Å². The molecule has 0 aliphatic carbocycles. The van der Waals surface area contributed by atoms with Crippen molar-refractivity contribution in [2.45, 2.75) is 26.3 Å². The number of hydrogen-bond donors (Lipinski definition) is 1. The largest absolute Gasteiger partial charge is 0.480 e. The minimum Gasteiger partial charge on any atom is -0.480 e. The van der Waals surface area contributed by atoms with Gasteiger partial charge in [-0.25, -0.2) is 4.79 Å². The van der Waals surface area contributed by atoms with Gasteiger partial charge in [-0.2, -0.15) is 0 Å². The van der Waals surface area contributed by atoms with Gasteiger partial charge in [0.05, 0.1) is 4.92 Å². The van der Waals surface area contributed by atoms with E-state index in [0.29, 0.717) is 12.2 Å². The van der Waals surface area contributed by atoms with Gasteiger partial charge in [0.1, 0.15) is 5.54 Å². The summed E-state index contributed by atoms with van der Waals surface area (Å²) < 4.78 is 0. The second kappa shape index (κ2) is 5.03. The first-order valence-electron chi connectivity index (χ1n) is 5.56. The van der Waals surface area contributed by atoms with Crippen LogP contribution in [0.25, 0.3) is 0 Å². The zero-order valence-electron chi connectivity index (χ0n) is 10.6. The van der Waals surface area contributed by atoms with Crippen molar-refractivity contribution in [2.75, 3.05) is 11.4 Å². The van der Waals surface area contributed by atoms with Crippen LogP contribution in [-0.4, -0.2) is 28.1 Å². The predicted molar refractivity (Wildman–Crippen MR) is 67.8 cm³/mol. The first-order valence-corrected chi connectivity index (χ1v) is 5.56. The highest BCUT2D eigenvalue weighted by Crippen LogP contribution is 2.26. The molecule has 0 bridgehead atoms. The summed E-state index contributed by atoms with van der Waals surface area (Å²) in [6.45, 7) is 5.53. The predicted octanol–water partition coefficient (Wildman–Crippen LogP) is 2.28. The van der Waals surface area contributed by atoms with Crippen molar-refractivity contribution in [3.05, 3.63) is 34.4 Å². The number of non-ortho nitro benzene ring substituents is 1. The van der Waals surface area contributed by atoms with E-state index in [1.165, 1.54) is 12.1 Å². The topological polar surface area (TPSA) is 83.7 Å². The van der Waals surface area contributed by atoms with Gasteiger partial charge in [0.15, 0.2) is 0 Å². The van der Waals surface area contributed by atoms with Crippen molar-refractivity contribution in [3.63, 3.8) is 0 Å². The smallest absolute Gasteiger partial charge is 0.328 e. The van der Waals surface area contributed by atoms with E-state index in [9.17, 15) is 20.0 Å². The molecule has 1 aromatic rings.